The molecule has 3 rings (SSSR count). The van der Waals surface area contributed by atoms with Gasteiger partial charge in [-0.15, -0.1) is 0 Å². The Kier molecular flexibility index (Phi) is 1.71. The normalized spacial score (nSPS) is 16.4. The van der Waals surface area contributed by atoms with E-state index in [0.29, 0.717) is 5.92 Å². The van der Waals surface area contributed by atoms with Gasteiger partial charge in [0.25, 0.3) is 0 Å². The van der Waals surface area contributed by atoms with E-state index in [0.717, 1.165) is 4.60 Å². The van der Waals surface area contributed by atoms with Crippen LogP contribution in [-0.2, 0) is 0 Å². The highest BCUT2D eigenvalue weighted by molar-refractivity contribution is 9.10. The summed E-state index contributed by atoms with van der Waals surface area (Å²) in [5, 5.41) is 0. The molecular weight excluding hydrogens is 240 g/mol. The molecule has 72 valence electrons. The maximum Gasteiger partial charge on any atom is 0.132 e. The van der Waals surface area contributed by atoms with Gasteiger partial charge in [0, 0.05) is 11.6 Å². The van der Waals surface area contributed by atoms with Crippen LogP contribution in [0.4, 0.5) is 0 Å². The summed E-state index contributed by atoms with van der Waals surface area (Å²) < 4.78 is 3.24. The van der Waals surface area contributed by atoms with Crippen LogP contribution >= 0.6 is 15.9 Å². The second-order valence-corrected chi connectivity index (χ2v) is 4.67. The summed E-state index contributed by atoms with van der Waals surface area (Å²) in [6.07, 6.45) is 2.58. The number of fused-ring (bicyclic) bond motifs is 1. The molecule has 0 aliphatic heterocycles. The Morgan fingerprint density at radius 1 is 1.43 bits per heavy atom. The fraction of sp³-hybridized carbons (Fsp3) is 0.364. The molecule has 2 heterocycles. The second kappa shape index (κ2) is 2.83. The highest BCUT2D eigenvalue weighted by Crippen LogP contribution is 2.41. The van der Waals surface area contributed by atoms with Crippen LogP contribution in [0.15, 0.2) is 22.8 Å². The summed E-state index contributed by atoms with van der Waals surface area (Å²) in [6, 6.07) is 6.32. The molecule has 2 aromatic heterocycles. The highest BCUT2D eigenvalue weighted by atomic mass is 79.9. The Balaban J connectivity index is 2.39. The van der Waals surface area contributed by atoms with Gasteiger partial charge in [0.15, 0.2) is 0 Å². The lowest BCUT2D eigenvalue weighted by Crippen LogP contribution is -1.95. The van der Waals surface area contributed by atoms with Crippen LogP contribution in [0.5, 0.6) is 0 Å². The van der Waals surface area contributed by atoms with E-state index >= 15 is 0 Å². The van der Waals surface area contributed by atoms with Crippen molar-refractivity contribution >= 4 is 21.4 Å². The molecule has 2 aromatic rings. The largest absolute Gasteiger partial charge is 0.300 e. The number of aromatic nitrogens is 2. The van der Waals surface area contributed by atoms with Crippen LogP contribution in [0.25, 0.3) is 5.52 Å². The summed E-state index contributed by atoms with van der Waals surface area (Å²) in [4.78, 5) is 4.59. The van der Waals surface area contributed by atoms with Crippen LogP contribution < -0.4 is 0 Å². The Hall–Kier alpha value is -0.830. The van der Waals surface area contributed by atoms with Crippen molar-refractivity contribution in [3.05, 3.63) is 34.3 Å². The quantitative estimate of drug-likeness (QED) is 0.760. The van der Waals surface area contributed by atoms with Gasteiger partial charge in [-0.2, -0.15) is 0 Å². The third kappa shape index (κ3) is 1.12. The zero-order chi connectivity index (χ0) is 9.71. The standard InChI is InChI=1S/C11H11BrN2/c1-7-3-2-4-9-10(12)13-11(14(7)9)8-5-6-8/h2-4,8H,5-6H2,1H3. The topological polar surface area (TPSA) is 17.3 Å². The van der Waals surface area contributed by atoms with Gasteiger partial charge in [0.1, 0.15) is 10.4 Å². The molecule has 0 saturated heterocycles. The first-order valence-corrected chi connectivity index (χ1v) is 5.70. The molecule has 0 spiro atoms. The van der Waals surface area contributed by atoms with Gasteiger partial charge >= 0.3 is 0 Å². The van der Waals surface area contributed by atoms with Gasteiger partial charge in [-0.3, -0.25) is 4.40 Å². The minimum absolute atomic E-state index is 0.690. The molecule has 2 nitrogen and oxygen atoms in total. The van der Waals surface area contributed by atoms with E-state index in [2.05, 4.69) is 50.4 Å². The lowest BCUT2D eigenvalue weighted by Gasteiger charge is -2.02. The van der Waals surface area contributed by atoms with Gasteiger partial charge in [-0.05, 0) is 47.8 Å². The van der Waals surface area contributed by atoms with Crippen LogP contribution in [0.1, 0.15) is 30.3 Å². The molecule has 1 saturated carbocycles. The Morgan fingerprint density at radius 2 is 2.21 bits per heavy atom. The molecule has 0 amide bonds. The minimum Gasteiger partial charge on any atom is -0.300 e. The molecule has 0 aromatic carbocycles. The number of pyridine rings is 1. The molecule has 0 bridgehead atoms. The third-order valence-electron chi connectivity index (χ3n) is 2.78. The summed E-state index contributed by atoms with van der Waals surface area (Å²) >= 11 is 3.52. The molecule has 1 aliphatic carbocycles. The lowest BCUT2D eigenvalue weighted by molar-refractivity contribution is 0.896. The Morgan fingerprint density at radius 3 is 2.93 bits per heavy atom. The minimum atomic E-state index is 0.690. The Bertz CT molecular complexity index is 497. The number of hydrogen-bond acceptors (Lipinski definition) is 1. The van der Waals surface area contributed by atoms with Crippen molar-refractivity contribution in [2.45, 2.75) is 25.7 Å². The van der Waals surface area contributed by atoms with E-state index in [-0.39, 0.29) is 0 Å². The first-order valence-electron chi connectivity index (χ1n) is 4.91. The third-order valence-corrected chi connectivity index (χ3v) is 3.36. The van der Waals surface area contributed by atoms with E-state index in [1.54, 1.807) is 0 Å². The molecular formula is C11H11BrN2. The summed E-state index contributed by atoms with van der Waals surface area (Å²) in [5.74, 6) is 1.92. The van der Waals surface area contributed by atoms with Crippen molar-refractivity contribution in [3.8, 4) is 0 Å². The van der Waals surface area contributed by atoms with E-state index in [1.165, 1.54) is 29.9 Å². The summed E-state index contributed by atoms with van der Waals surface area (Å²) in [7, 11) is 0. The maximum absolute atomic E-state index is 4.59. The van der Waals surface area contributed by atoms with Gasteiger partial charge in [-0.1, -0.05) is 6.07 Å². The van der Waals surface area contributed by atoms with Crippen molar-refractivity contribution in [2.75, 3.05) is 0 Å². The summed E-state index contributed by atoms with van der Waals surface area (Å²) in [5.41, 5.74) is 2.45. The van der Waals surface area contributed by atoms with Crippen molar-refractivity contribution in [3.63, 3.8) is 0 Å². The number of imidazole rings is 1. The first kappa shape index (κ1) is 8.48. The average Bonchev–Trinajstić information content (AvgIpc) is 2.94. The number of nitrogens with zero attached hydrogens (tertiary/aromatic N) is 2. The van der Waals surface area contributed by atoms with E-state index in [1.807, 2.05) is 0 Å². The number of halogens is 1. The van der Waals surface area contributed by atoms with Crippen molar-refractivity contribution in [1.29, 1.82) is 0 Å². The zero-order valence-electron chi connectivity index (χ0n) is 8.00. The Labute approximate surface area is 91.1 Å². The van der Waals surface area contributed by atoms with Crippen molar-refractivity contribution in [1.82, 2.24) is 9.38 Å². The van der Waals surface area contributed by atoms with E-state index < -0.39 is 0 Å². The van der Waals surface area contributed by atoms with Crippen LogP contribution in [-0.4, -0.2) is 9.38 Å². The molecule has 0 atom stereocenters. The van der Waals surface area contributed by atoms with Gasteiger partial charge in [0.2, 0.25) is 0 Å². The van der Waals surface area contributed by atoms with Crippen LogP contribution in [0, 0.1) is 6.92 Å². The molecule has 1 fully saturated rings. The maximum atomic E-state index is 4.59. The smallest absolute Gasteiger partial charge is 0.132 e. The molecule has 0 unspecified atom stereocenters. The monoisotopic (exact) mass is 250 g/mol. The molecule has 0 N–H and O–H groups in total. The first-order chi connectivity index (χ1) is 6.77. The van der Waals surface area contributed by atoms with Crippen LogP contribution in [0.3, 0.4) is 0 Å². The predicted molar refractivity (Wildman–Crippen MR) is 59.6 cm³/mol. The van der Waals surface area contributed by atoms with E-state index in [4.69, 9.17) is 0 Å². The fourth-order valence-electron chi connectivity index (χ4n) is 1.91. The number of rotatable bonds is 1. The van der Waals surface area contributed by atoms with Crippen molar-refractivity contribution in [2.24, 2.45) is 0 Å². The van der Waals surface area contributed by atoms with Gasteiger partial charge in [0.05, 0.1) is 5.52 Å². The van der Waals surface area contributed by atoms with Crippen LogP contribution in [0.2, 0.25) is 0 Å². The fourth-order valence-corrected chi connectivity index (χ4v) is 2.40. The molecule has 14 heavy (non-hydrogen) atoms. The van der Waals surface area contributed by atoms with Gasteiger partial charge < -0.3 is 0 Å². The SMILES string of the molecule is Cc1cccc2c(Br)nc(C3CC3)n12. The summed E-state index contributed by atoms with van der Waals surface area (Å²) in [6.45, 7) is 2.13. The molecule has 0 radical (unpaired) electrons. The predicted octanol–water partition coefficient (Wildman–Crippen LogP) is 3.28. The zero-order valence-corrected chi connectivity index (χ0v) is 9.58. The number of hydrogen-bond donors (Lipinski definition) is 0. The lowest BCUT2D eigenvalue weighted by atomic mass is 10.3. The second-order valence-electron chi connectivity index (χ2n) is 3.92. The number of aryl methyl sites for hydroxylation is 1. The average molecular weight is 251 g/mol. The van der Waals surface area contributed by atoms with Crippen molar-refractivity contribution < 1.29 is 0 Å². The van der Waals surface area contributed by atoms with E-state index in [9.17, 15) is 0 Å². The molecule has 3 heteroatoms. The highest BCUT2D eigenvalue weighted by Gasteiger charge is 2.29. The van der Waals surface area contributed by atoms with Gasteiger partial charge in [-0.25, -0.2) is 4.98 Å². The molecule has 1 aliphatic rings.